The number of aliphatic imine (C=N–C) groups is 3. The summed E-state index contributed by atoms with van der Waals surface area (Å²) in [6.45, 7) is 1.30. The Hall–Kier alpha value is -2.79. The van der Waals surface area contributed by atoms with Gasteiger partial charge in [-0.1, -0.05) is 81.7 Å². The monoisotopic (exact) mass is 690 g/mol. The maximum atomic E-state index is 6.01. The number of hydrogen-bond donors (Lipinski definition) is 3. The summed E-state index contributed by atoms with van der Waals surface area (Å²) in [6.07, 6.45) is 0. The highest BCUT2D eigenvalue weighted by Crippen LogP contribution is 2.32. The molecular formula is C27H24Cl6N6O3. The number of nitrogens with zero attached hydrogens (tertiary/aromatic N) is 3. The number of ether oxygens (including phenoxy) is 3. The smallest absolute Gasteiger partial charge is 0.282 e. The Morgan fingerprint density at radius 3 is 1.19 bits per heavy atom. The normalized spacial score (nSPS) is 20.4. The van der Waals surface area contributed by atoms with Crippen molar-refractivity contribution in [3.63, 3.8) is 0 Å². The molecule has 0 saturated carbocycles. The predicted octanol–water partition coefficient (Wildman–Crippen LogP) is 7.14. The van der Waals surface area contributed by atoms with Crippen molar-refractivity contribution in [2.24, 2.45) is 32.2 Å². The van der Waals surface area contributed by atoms with Crippen LogP contribution in [0.3, 0.4) is 0 Å². The van der Waals surface area contributed by atoms with Crippen LogP contribution in [0.4, 0.5) is 0 Å². The van der Waals surface area contributed by atoms with Gasteiger partial charge in [-0.25, -0.2) is 15.0 Å². The van der Waals surface area contributed by atoms with Crippen molar-refractivity contribution < 1.29 is 14.2 Å². The third-order valence-corrected chi connectivity index (χ3v) is 7.68. The average Bonchev–Trinajstić information content (AvgIpc) is 3.68. The van der Waals surface area contributed by atoms with Crippen LogP contribution in [-0.2, 0) is 14.2 Å². The van der Waals surface area contributed by atoms with Gasteiger partial charge < -0.3 is 31.4 Å². The second-order valence-electron chi connectivity index (χ2n) is 8.88. The maximum absolute atomic E-state index is 6.01. The largest absolute Gasteiger partial charge is 0.463 e. The lowest BCUT2D eigenvalue weighted by atomic mass is 10.1. The Balaban J connectivity index is 0.000000145. The predicted molar refractivity (Wildman–Crippen MR) is 170 cm³/mol. The highest BCUT2D eigenvalue weighted by molar-refractivity contribution is 6.36. The Morgan fingerprint density at radius 2 is 0.833 bits per heavy atom. The van der Waals surface area contributed by atoms with Crippen LogP contribution in [-0.4, -0.2) is 37.9 Å². The first-order valence-corrected chi connectivity index (χ1v) is 14.5. The van der Waals surface area contributed by atoms with Crippen molar-refractivity contribution in [3.05, 3.63) is 101 Å². The molecule has 9 nitrogen and oxygen atoms in total. The van der Waals surface area contributed by atoms with Crippen LogP contribution in [0.2, 0.25) is 30.1 Å². The van der Waals surface area contributed by atoms with Crippen molar-refractivity contribution in [1.29, 1.82) is 0 Å². The maximum Gasteiger partial charge on any atom is 0.282 e. The molecule has 42 heavy (non-hydrogen) atoms. The fourth-order valence-electron chi connectivity index (χ4n) is 3.97. The van der Waals surface area contributed by atoms with Gasteiger partial charge in [0.15, 0.2) is 0 Å². The average molecular weight is 693 g/mol. The molecule has 0 spiro atoms. The summed E-state index contributed by atoms with van der Waals surface area (Å²) in [5, 5.41) is 3.64. The first-order valence-electron chi connectivity index (χ1n) is 12.2. The van der Waals surface area contributed by atoms with Gasteiger partial charge in [0.2, 0.25) is 0 Å². The molecule has 3 aromatic carbocycles. The fourth-order valence-corrected chi connectivity index (χ4v) is 5.46. The minimum atomic E-state index is -0.138. The Morgan fingerprint density at radius 1 is 0.476 bits per heavy atom. The quantitative estimate of drug-likeness (QED) is 0.266. The number of rotatable bonds is 3. The van der Waals surface area contributed by atoms with Gasteiger partial charge in [-0.2, -0.15) is 0 Å². The first-order chi connectivity index (χ1) is 20.0. The summed E-state index contributed by atoms with van der Waals surface area (Å²) < 4.78 is 15.1. The zero-order valence-electron chi connectivity index (χ0n) is 21.6. The molecule has 3 aromatic rings. The molecule has 3 aliphatic rings. The van der Waals surface area contributed by atoms with Crippen LogP contribution in [0.15, 0.2) is 69.6 Å². The van der Waals surface area contributed by atoms with Crippen molar-refractivity contribution in [1.82, 2.24) is 0 Å². The van der Waals surface area contributed by atoms with Gasteiger partial charge >= 0.3 is 0 Å². The summed E-state index contributed by atoms with van der Waals surface area (Å²) in [5.74, 6) is 0. The molecule has 3 aliphatic heterocycles. The lowest BCUT2D eigenvalue weighted by molar-refractivity contribution is 0.315. The summed E-state index contributed by atoms with van der Waals surface area (Å²) in [6, 6.07) is 16.1. The van der Waals surface area contributed by atoms with E-state index in [1.807, 2.05) is 12.1 Å². The highest BCUT2D eigenvalue weighted by atomic mass is 35.5. The molecule has 0 aliphatic carbocycles. The summed E-state index contributed by atoms with van der Waals surface area (Å²) in [4.78, 5) is 12.3. The van der Waals surface area contributed by atoms with E-state index in [9.17, 15) is 0 Å². The Kier molecular flexibility index (Phi) is 11.2. The zero-order valence-corrected chi connectivity index (χ0v) is 26.2. The van der Waals surface area contributed by atoms with E-state index in [1.54, 1.807) is 42.5 Å². The van der Waals surface area contributed by atoms with Gasteiger partial charge in [-0.15, -0.1) is 0 Å². The van der Waals surface area contributed by atoms with Gasteiger partial charge in [0.25, 0.3) is 18.1 Å². The van der Waals surface area contributed by atoms with E-state index >= 15 is 0 Å². The van der Waals surface area contributed by atoms with Crippen molar-refractivity contribution in [2.45, 2.75) is 18.1 Å². The molecule has 0 saturated heterocycles. The van der Waals surface area contributed by atoms with Crippen LogP contribution in [0.5, 0.6) is 0 Å². The van der Waals surface area contributed by atoms with Crippen LogP contribution < -0.4 is 17.2 Å². The summed E-state index contributed by atoms with van der Waals surface area (Å²) >= 11 is 35.4. The van der Waals surface area contributed by atoms with E-state index in [4.69, 9.17) is 101 Å². The highest BCUT2D eigenvalue weighted by Gasteiger charge is 2.23. The molecule has 0 fully saturated rings. The van der Waals surface area contributed by atoms with E-state index < -0.39 is 0 Å². The molecule has 3 atom stereocenters. The molecule has 0 aromatic heterocycles. The zero-order chi connectivity index (χ0) is 30.4. The number of nitrogens with two attached hydrogens (primary N) is 3. The molecule has 6 N–H and O–H groups in total. The Labute approximate surface area is 272 Å². The van der Waals surface area contributed by atoms with E-state index in [2.05, 4.69) is 15.0 Å². The van der Waals surface area contributed by atoms with E-state index in [0.29, 0.717) is 50.0 Å². The van der Waals surface area contributed by atoms with Gasteiger partial charge in [-0.05, 0) is 53.6 Å². The van der Waals surface area contributed by atoms with Crippen LogP contribution in [0, 0.1) is 0 Å². The standard InChI is InChI=1S/3C9H8Cl2N2O/c10-5-1-2-7(11)6(3-5)8-4-14-9(12)13-8;2*10-5-1-2-6(7(11)3-5)8-4-14-9(12)13-8/h3*1-3,8H,4H2,(H2,12,13)/t3*8-/m110/s1. The first kappa shape index (κ1) is 32.1. The van der Waals surface area contributed by atoms with Crippen LogP contribution in [0.1, 0.15) is 34.8 Å². The second-order valence-corrected chi connectivity index (χ2v) is 11.4. The summed E-state index contributed by atoms with van der Waals surface area (Å²) in [5.41, 5.74) is 18.8. The van der Waals surface area contributed by atoms with Crippen LogP contribution >= 0.6 is 69.6 Å². The van der Waals surface area contributed by atoms with Crippen molar-refractivity contribution in [2.75, 3.05) is 19.8 Å². The van der Waals surface area contributed by atoms with Crippen molar-refractivity contribution in [3.8, 4) is 0 Å². The van der Waals surface area contributed by atoms with Gasteiger partial charge in [-0.3, -0.25) is 0 Å². The number of halogens is 6. The SMILES string of the molecule is NC1=N[C@@H](c2cc(Cl)ccc2Cl)CO1.NC1=N[C@@H](c2ccc(Cl)cc2Cl)CO1.NC1=N[C@H](c2ccc(Cl)cc2Cl)CO1. The molecule has 222 valence electrons. The molecule has 0 radical (unpaired) electrons. The third kappa shape index (κ3) is 8.63. The molecule has 0 amide bonds. The third-order valence-electron chi connectivity index (χ3n) is 5.98. The lowest BCUT2D eigenvalue weighted by Gasteiger charge is -2.07. The molecule has 3 heterocycles. The summed E-state index contributed by atoms with van der Waals surface area (Å²) in [7, 11) is 0. The molecular weight excluding hydrogens is 669 g/mol. The van der Waals surface area contributed by atoms with E-state index in [-0.39, 0.29) is 36.2 Å². The fraction of sp³-hybridized carbons (Fsp3) is 0.222. The minimum absolute atomic E-state index is 0.111. The van der Waals surface area contributed by atoms with E-state index in [1.165, 1.54) is 0 Å². The minimum Gasteiger partial charge on any atom is -0.463 e. The number of benzene rings is 3. The Bertz CT molecular complexity index is 1460. The lowest BCUT2D eigenvalue weighted by Crippen LogP contribution is -2.10. The number of amidine groups is 3. The molecule has 0 bridgehead atoms. The van der Waals surface area contributed by atoms with Crippen molar-refractivity contribution >= 4 is 87.7 Å². The van der Waals surface area contributed by atoms with E-state index in [0.717, 1.165) is 16.7 Å². The molecule has 15 heteroatoms. The van der Waals surface area contributed by atoms with Gasteiger partial charge in [0.1, 0.15) is 37.9 Å². The number of hydrogen-bond acceptors (Lipinski definition) is 9. The topological polar surface area (TPSA) is 143 Å². The molecule has 0 unspecified atom stereocenters. The van der Waals surface area contributed by atoms with Crippen LogP contribution in [0.25, 0.3) is 0 Å². The molecule has 6 rings (SSSR count). The van der Waals surface area contributed by atoms with Gasteiger partial charge in [0.05, 0.1) is 0 Å². The second kappa shape index (κ2) is 14.6. The van der Waals surface area contributed by atoms with Gasteiger partial charge in [0, 0.05) is 35.7 Å².